The third-order valence-corrected chi connectivity index (χ3v) is 4.21. The Bertz CT molecular complexity index is 926. The molecule has 3 N–H and O–H groups in total. The van der Waals surface area contributed by atoms with Gasteiger partial charge in [-0.15, -0.1) is 0 Å². The fraction of sp³-hybridized carbons (Fsp3) is 0.370. The number of nitrogens with zero attached hydrogens (tertiary/aromatic N) is 1. The predicted molar refractivity (Wildman–Crippen MR) is 136 cm³/mol. The lowest BCUT2D eigenvalue weighted by Gasteiger charge is -2.10. The van der Waals surface area contributed by atoms with Crippen LogP contribution < -0.4 is 5.32 Å². The van der Waals surface area contributed by atoms with Gasteiger partial charge < -0.3 is 15.5 Å². The van der Waals surface area contributed by atoms with Crippen molar-refractivity contribution in [1.29, 1.82) is 5.26 Å². The van der Waals surface area contributed by atoms with Crippen molar-refractivity contribution >= 4 is 17.8 Å². The molecule has 0 spiro atoms. The molecule has 6 heteroatoms. The minimum Gasteiger partial charge on any atom is -0.508 e. The lowest BCUT2D eigenvalue weighted by molar-refractivity contribution is 0.101. The SMILES string of the molecule is CC.CC(=O)c1ccccc1N/C(C)=C(\C)C#N.CCCCC.O=Cc1ccc(O)cc1O. The number of hydrogen-bond acceptors (Lipinski definition) is 6. The van der Waals surface area contributed by atoms with E-state index in [-0.39, 0.29) is 22.8 Å². The zero-order chi connectivity index (χ0) is 25.8. The number of phenols is 2. The average molecular weight is 455 g/mol. The van der Waals surface area contributed by atoms with E-state index in [1.165, 1.54) is 38.3 Å². The van der Waals surface area contributed by atoms with E-state index in [4.69, 9.17) is 15.5 Å². The van der Waals surface area contributed by atoms with Crippen molar-refractivity contribution in [2.24, 2.45) is 0 Å². The Morgan fingerprint density at radius 3 is 2.03 bits per heavy atom. The second kappa shape index (κ2) is 19.1. The van der Waals surface area contributed by atoms with E-state index in [2.05, 4.69) is 25.2 Å². The first kappa shape index (κ1) is 31.6. The first-order valence-corrected chi connectivity index (χ1v) is 11.1. The van der Waals surface area contributed by atoms with Gasteiger partial charge in [0, 0.05) is 28.6 Å². The number of anilines is 1. The van der Waals surface area contributed by atoms with Crippen LogP contribution in [0.3, 0.4) is 0 Å². The molecule has 0 aliphatic heterocycles. The highest BCUT2D eigenvalue weighted by atomic mass is 16.3. The van der Waals surface area contributed by atoms with Crippen molar-refractivity contribution < 1.29 is 19.8 Å². The van der Waals surface area contributed by atoms with Crippen LogP contribution in [0.1, 0.15) is 88.4 Å². The number of carbonyl (C=O) groups excluding carboxylic acids is 2. The number of hydrogen-bond donors (Lipinski definition) is 3. The van der Waals surface area contributed by atoms with Crippen LogP contribution in [0.2, 0.25) is 0 Å². The van der Waals surface area contributed by atoms with Gasteiger partial charge in [-0.25, -0.2) is 0 Å². The zero-order valence-electron chi connectivity index (χ0n) is 20.9. The molecular formula is C27H38N2O4. The van der Waals surface area contributed by atoms with Crippen LogP contribution >= 0.6 is 0 Å². The Balaban J connectivity index is 0. The number of ketones is 1. The molecule has 0 fully saturated rings. The van der Waals surface area contributed by atoms with Gasteiger partial charge in [0.25, 0.3) is 0 Å². The topological polar surface area (TPSA) is 110 Å². The molecule has 0 aliphatic rings. The summed E-state index contributed by atoms with van der Waals surface area (Å²) in [6.45, 7) is 13.5. The molecule has 2 aromatic rings. The number of benzene rings is 2. The standard InChI is InChI=1S/C13H14N2O.C7H6O3.C5H12.C2H6/c1-9(8-14)10(2)15-13-7-5-4-6-12(13)11(3)16;8-4-5-1-2-6(9)3-7(5)10;1-3-5-4-2;1-2/h4-7,15H,1-3H3;1-4,9-10H;3-5H2,1-2H3;1-2H3/b10-9+;;;. The minimum absolute atomic E-state index is 0.00510. The number of allylic oxidation sites excluding steroid dienone is 2. The largest absolute Gasteiger partial charge is 0.508 e. The van der Waals surface area contributed by atoms with Crippen molar-refractivity contribution in [1.82, 2.24) is 0 Å². The van der Waals surface area contributed by atoms with Crippen molar-refractivity contribution in [3.05, 3.63) is 64.9 Å². The van der Waals surface area contributed by atoms with Gasteiger partial charge in [0.2, 0.25) is 0 Å². The lowest BCUT2D eigenvalue weighted by atomic mass is 10.1. The molecule has 2 rings (SSSR count). The van der Waals surface area contributed by atoms with Crippen LogP contribution in [0.5, 0.6) is 11.5 Å². The highest BCUT2D eigenvalue weighted by Crippen LogP contribution is 2.20. The molecule has 0 atom stereocenters. The van der Waals surface area contributed by atoms with Crippen LogP contribution in [0, 0.1) is 11.3 Å². The molecule has 2 aromatic carbocycles. The molecule has 0 saturated heterocycles. The lowest BCUT2D eigenvalue weighted by Crippen LogP contribution is -2.04. The summed E-state index contributed by atoms with van der Waals surface area (Å²) in [4.78, 5) is 21.5. The molecule has 0 aromatic heterocycles. The van der Waals surface area contributed by atoms with E-state index in [0.717, 1.165) is 17.5 Å². The van der Waals surface area contributed by atoms with Gasteiger partial charge >= 0.3 is 0 Å². The van der Waals surface area contributed by atoms with Gasteiger partial charge in [-0.1, -0.05) is 59.1 Å². The van der Waals surface area contributed by atoms with Gasteiger partial charge in [-0.3, -0.25) is 9.59 Å². The Morgan fingerprint density at radius 2 is 1.61 bits per heavy atom. The zero-order valence-corrected chi connectivity index (χ0v) is 20.9. The minimum atomic E-state index is -0.199. The van der Waals surface area contributed by atoms with E-state index < -0.39 is 0 Å². The number of carbonyl (C=O) groups is 2. The van der Waals surface area contributed by atoms with E-state index >= 15 is 0 Å². The number of aromatic hydroxyl groups is 2. The van der Waals surface area contributed by atoms with Crippen molar-refractivity contribution in [3.8, 4) is 17.6 Å². The Morgan fingerprint density at radius 1 is 1.03 bits per heavy atom. The van der Waals surface area contributed by atoms with Crippen LogP contribution in [0.15, 0.2) is 53.7 Å². The number of phenolic OH excluding ortho intramolecular Hbond substituents is 2. The average Bonchev–Trinajstić information content (AvgIpc) is 2.81. The Labute approximate surface area is 198 Å². The maximum Gasteiger partial charge on any atom is 0.161 e. The molecule has 180 valence electrons. The van der Waals surface area contributed by atoms with Gasteiger partial charge in [0.05, 0.1) is 11.6 Å². The van der Waals surface area contributed by atoms with Gasteiger partial charge in [-0.05, 0) is 45.0 Å². The van der Waals surface area contributed by atoms with Crippen LogP contribution in [-0.2, 0) is 0 Å². The van der Waals surface area contributed by atoms with E-state index in [1.54, 1.807) is 13.0 Å². The smallest absolute Gasteiger partial charge is 0.161 e. The number of nitrogens with one attached hydrogen (secondary N) is 1. The van der Waals surface area contributed by atoms with Crippen LogP contribution in [0.25, 0.3) is 0 Å². The molecule has 0 radical (unpaired) electrons. The first-order chi connectivity index (χ1) is 15.7. The number of Topliss-reactive ketones (excluding diaryl/α,β-unsaturated/α-hetero) is 1. The van der Waals surface area contributed by atoms with E-state index in [0.29, 0.717) is 17.4 Å². The molecular weight excluding hydrogens is 416 g/mol. The van der Waals surface area contributed by atoms with E-state index in [1.807, 2.05) is 39.0 Å². The maximum atomic E-state index is 11.4. The summed E-state index contributed by atoms with van der Waals surface area (Å²) in [5.41, 5.74) is 2.92. The highest BCUT2D eigenvalue weighted by Gasteiger charge is 2.06. The number of aldehydes is 1. The molecule has 0 amide bonds. The fourth-order valence-electron chi connectivity index (χ4n) is 2.26. The summed E-state index contributed by atoms with van der Waals surface area (Å²) in [6, 6.07) is 13.1. The number of unbranched alkanes of at least 4 members (excludes halogenated alkanes) is 2. The maximum absolute atomic E-state index is 11.4. The molecule has 6 nitrogen and oxygen atoms in total. The molecule has 0 saturated carbocycles. The highest BCUT2D eigenvalue weighted by molar-refractivity contribution is 5.99. The Kier molecular flexibility index (Phi) is 18.3. The summed E-state index contributed by atoms with van der Waals surface area (Å²) in [5, 5.41) is 29.5. The quantitative estimate of drug-likeness (QED) is 0.241. The molecule has 0 unspecified atom stereocenters. The number of nitriles is 1. The van der Waals surface area contributed by atoms with Gasteiger partial charge in [0.15, 0.2) is 12.1 Å². The normalized spacial score (nSPS) is 9.76. The van der Waals surface area contributed by atoms with Crippen LogP contribution in [-0.4, -0.2) is 22.3 Å². The van der Waals surface area contributed by atoms with Crippen molar-refractivity contribution in [2.45, 2.75) is 67.7 Å². The number of rotatable bonds is 6. The van der Waals surface area contributed by atoms with Crippen molar-refractivity contribution in [3.63, 3.8) is 0 Å². The van der Waals surface area contributed by atoms with Gasteiger partial charge in [-0.2, -0.15) is 5.26 Å². The fourth-order valence-corrected chi connectivity index (χ4v) is 2.26. The second-order valence-corrected chi connectivity index (χ2v) is 6.80. The predicted octanol–water partition coefficient (Wildman–Crippen LogP) is 7.25. The third-order valence-electron chi connectivity index (χ3n) is 4.21. The summed E-state index contributed by atoms with van der Waals surface area (Å²) in [7, 11) is 0. The molecule has 33 heavy (non-hydrogen) atoms. The van der Waals surface area contributed by atoms with E-state index in [9.17, 15) is 9.59 Å². The first-order valence-electron chi connectivity index (χ1n) is 11.1. The Hall–Kier alpha value is -3.59. The second-order valence-electron chi connectivity index (χ2n) is 6.80. The third kappa shape index (κ3) is 13.4. The summed E-state index contributed by atoms with van der Waals surface area (Å²) < 4.78 is 0. The summed E-state index contributed by atoms with van der Waals surface area (Å²) in [5.74, 6) is -0.247. The summed E-state index contributed by atoms with van der Waals surface area (Å²) in [6.07, 6.45) is 4.60. The van der Waals surface area contributed by atoms with Crippen molar-refractivity contribution in [2.75, 3.05) is 5.32 Å². The molecule has 0 aliphatic carbocycles. The van der Waals surface area contributed by atoms with Crippen LogP contribution in [0.4, 0.5) is 5.69 Å². The number of para-hydroxylation sites is 1. The monoisotopic (exact) mass is 454 g/mol. The summed E-state index contributed by atoms with van der Waals surface area (Å²) >= 11 is 0. The van der Waals surface area contributed by atoms with Gasteiger partial charge in [0.1, 0.15) is 11.5 Å². The molecule has 0 bridgehead atoms. The molecule has 0 heterocycles.